The number of hydrogen-bond donors (Lipinski definition) is 1. The zero-order valence-electron chi connectivity index (χ0n) is 17.3. The molecular weight excluding hydrogens is 353 g/mol. The third kappa shape index (κ3) is 4.92. The molecule has 3 rings (SSSR count). The molecule has 4 heteroatoms. The maximum Gasteiger partial charge on any atom is 0.123 e. The fourth-order valence-corrected chi connectivity index (χ4v) is 4.29. The zero-order chi connectivity index (χ0) is 20.0. The van der Waals surface area contributed by atoms with Gasteiger partial charge in [-0.2, -0.15) is 0 Å². The average molecular weight is 386 g/mol. The molecular formula is C24H32FNO2. The molecule has 152 valence electrons. The van der Waals surface area contributed by atoms with Crippen LogP contribution >= 0.6 is 0 Å². The molecule has 1 aliphatic heterocycles. The summed E-state index contributed by atoms with van der Waals surface area (Å²) >= 11 is 0. The summed E-state index contributed by atoms with van der Waals surface area (Å²) < 4.78 is 24.6. The first kappa shape index (κ1) is 20.8. The second-order valence-electron chi connectivity index (χ2n) is 8.14. The lowest BCUT2D eigenvalue weighted by atomic mass is 9.66. The summed E-state index contributed by atoms with van der Waals surface area (Å²) in [6.07, 6.45) is 4.08. The number of halogens is 1. The Morgan fingerprint density at radius 2 is 1.82 bits per heavy atom. The zero-order valence-corrected chi connectivity index (χ0v) is 17.3. The molecule has 1 heterocycles. The Morgan fingerprint density at radius 1 is 1.11 bits per heavy atom. The molecule has 3 nitrogen and oxygen atoms in total. The molecule has 0 spiro atoms. The van der Waals surface area contributed by atoms with Gasteiger partial charge in [-0.25, -0.2) is 4.39 Å². The van der Waals surface area contributed by atoms with E-state index in [0.717, 1.165) is 56.7 Å². The summed E-state index contributed by atoms with van der Waals surface area (Å²) in [4.78, 5) is 0. The van der Waals surface area contributed by atoms with E-state index < -0.39 is 0 Å². The van der Waals surface area contributed by atoms with Crippen molar-refractivity contribution in [1.29, 1.82) is 0 Å². The Bertz CT molecular complexity index is 746. The monoisotopic (exact) mass is 385 g/mol. The molecule has 1 N–H and O–H groups in total. The fraction of sp³-hybridized carbons (Fsp3) is 0.500. The molecule has 1 unspecified atom stereocenters. The first-order valence-corrected chi connectivity index (χ1v) is 10.2. The highest BCUT2D eigenvalue weighted by atomic mass is 19.1. The minimum atomic E-state index is -0.191. The van der Waals surface area contributed by atoms with Gasteiger partial charge in [0.05, 0.1) is 12.7 Å². The van der Waals surface area contributed by atoms with E-state index in [1.54, 1.807) is 7.11 Å². The lowest BCUT2D eigenvalue weighted by Crippen LogP contribution is -2.46. The van der Waals surface area contributed by atoms with Crippen molar-refractivity contribution in [1.82, 2.24) is 5.32 Å². The predicted octanol–water partition coefficient (Wildman–Crippen LogP) is 5.23. The van der Waals surface area contributed by atoms with Crippen LogP contribution in [-0.4, -0.2) is 25.9 Å². The number of hydrogen-bond acceptors (Lipinski definition) is 3. The standard InChI is InChI=1S/C24H32FNO2/c1-4-23(2)18-24(14-16-28-23,20-7-11-22(27-3)12-8-20)13-15-26-17-19-5-9-21(25)10-6-19/h5-12,26H,4,13-18H2,1-3H3/t23?,24-/m1/s1. The third-order valence-electron chi connectivity index (χ3n) is 6.22. The van der Waals surface area contributed by atoms with Gasteiger partial charge in [0.1, 0.15) is 11.6 Å². The summed E-state index contributed by atoms with van der Waals surface area (Å²) in [5.41, 5.74) is 2.46. The van der Waals surface area contributed by atoms with Crippen molar-refractivity contribution >= 4 is 0 Å². The van der Waals surface area contributed by atoms with Crippen molar-refractivity contribution in [2.45, 2.75) is 57.1 Å². The molecule has 0 aliphatic carbocycles. The van der Waals surface area contributed by atoms with Gasteiger partial charge >= 0.3 is 0 Å². The number of rotatable bonds is 8. The lowest BCUT2D eigenvalue weighted by Gasteiger charge is -2.47. The van der Waals surface area contributed by atoms with Gasteiger partial charge in [0.15, 0.2) is 0 Å². The molecule has 0 radical (unpaired) electrons. The van der Waals surface area contributed by atoms with E-state index in [1.165, 1.54) is 17.7 Å². The topological polar surface area (TPSA) is 30.5 Å². The Labute approximate surface area is 168 Å². The van der Waals surface area contributed by atoms with Crippen LogP contribution in [0, 0.1) is 5.82 Å². The van der Waals surface area contributed by atoms with Crippen LogP contribution in [0.15, 0.2) is 48.5 Å². The molecule has 2 aromatic carbocycles. The van der Waals surface area contributed by atoms with E-state index in [4.69, 9.17) is 9.47 Å². The van der Waals surface area contributed by atoms with Crippen LogP contribution in [0.3, 0.4) is 0 Å². The number of nitrogens with one attached hydrogen (secondary N) is 1. The van der Waals surface area contributed by atoms with Crippen LogP contribution in [0.5, 0.6) is 5.75 Å². The second kappa shape index (κ2) is 9.06. The van der Waals surface area contributed by atoms with Gasteiger partial charge in [0.25, 0.3) is 0 Å². The highest BCUT2D eigenvalue weighted by Gasteiger charge is 2.43. The van der Waals surface area contributed by atoms with Gasteiger partial charge in [-0.1, -0.05) is 31.2 Å². The van der Waals surface area contributed by atoms with E-state index in [9.17, 15) is 4.39 Å². The first-order chi connectivity index (χ1) is 13.5. The van der Waals surface area contributed by atoms with Crippen LogP contribution in [0.25, 0.3) is 0 Å². The third-order valence-corrected chi connectivity index (χ3v) is 6.22. The molecule has 2 aromatic rings. The SMILES string of the molecule is CCC1(C)C[C@](CCNCc2ccc(F)cc2)(c2ccc(OC)cc2)CCO1. The van der Waals surface area contributed by atoms with Gasteiger partial charge in [-0.15, -0.1) is 0 Å². The quantitative estimate of drug-likeness (QED) is 0.631. The summed E-state index contributed by atoms with van der Waals surface area (Å²) in [5, 5.41) is 3.54. The average Bonchev–Trinajstić information content (AvgIpc) is 2.73. The van der Waals surface area contributed by atoms with Gasteiger partial charge in [-0.3, -0.25) is 0 Å². The van der Waals surface area contributed by atoms with E-state index in [2.05, 4.69) is 43.4 Å². The summed E-state index contributed by atoms with van der Waals surface area (Å²) in [5.74, 6) is 0.696. The van der Waals surface area contributed by atoms with Gasteiger partial charge in [0, 0.05) is 18.6 Å². The van der Waals surface area contributed by atoms with E-state index in [0.29, 0.717) is 0 Å². The highest BCUT2D eigenvalue weighted by molar-refractivity contribution is 5.33. The minimum Gasteiger partial charge on any atom is -0.497 e. The molecule has 1 saturated heterocycles. The van der Waals surface area contributed by atoms with Gasteiger partial charge < -0.3 is 14.8 Å². The molecule has 2 atom stereocenters. The van der Waals surface area contributed by atoms with Crippen molar-refractivity contribution in [2.24, 2.45) is 0 Å². The Hall–Kier alpha value is -1.91. The maximum absolute atomic E-state index is 13.1. The Kier molecular flexibility index (Phi) is 6.73. The van der Waals surface area contributed by atoms with Crippen molar-refractivity contribution < 1.29 is 13.9 Å². The predicted molar refractivity (Wildman–Crippen MR) is 111 cm³/mol. The Morgan fingerprint density at radius 3 is 2.46 bits per heavy atom. The minimum absolute atomic E-state index is 0.0882. The van der Waals surface area contributed by atoms with Gasteiger partial charge in [-0.05, 0) is 74.5 Å². The fourth-order valence-electron chi connectivity index (χ4n) is 4.29. The van der Waals surface area contributed by atoms with Crippen molar-refractivity contribution in [3.05, 3.63) is 65.5 Å². The smallest absolute Gasteiger partial charge is 0.123 e. The normalized spacial score (nSPS) is 24.9. The van der Waals surface area contributed by atoms with E-state index in [-0.39, 0.29) is 16.8 Å². The van der Waals surface area contributed by atoms with Crippen molar-refractivity contribution in [3.8, 4) is 5.75 Å². The lowest BCUT2D eigenvalue weighted by molar-refractivity contribution is -0.0979. The van der Waals surface area contributed by atoms with Crippen LogP contribution in [0.4, 0.5) is 4.39 Å². The van der Waals surface area contributed by atoms with Crippen LogP contribution < -0.4 is 10.1 Å². The molecule has 28 heavy (non-hydrogen) atoms. The molecule has 1 fully saturated rings. The molecule has 0 aromatic heterocycles. The molecule has 0 amide bonds. The van der Waals surface area contributed by atoms with Crippen molar-refractivity contribution in [2.75, 3.05) is 20.3 Å². The van der Waals surface area contributed by atoms with Crippen LogP contribution in [0.2, 0.25) is 0 Å². The largest absolute Gasteiger partial charge is 0.497 e. The number of benzene rings is 2. The number of methoxy groups -OCH3 is 1. The summed E-state index contributed by atoms with van der Waals surface area (Å²) in [6.45, 7) is 6.88. The van der Waals surface area contributed by atoms with Crippen LogP contribution in [0.1, 0.15) is 50.7 Å². The number of ether oxygens (including phenoxy) is 2. The summed E-state index contributed by atoms with van der Waals surface area (Å²) in [6, 6.07) is 15.2. The molecule has 1 aliphatic rings. The van der Waals surface area contributed by atoms with Gasteiger partial charge in [0.2, 0.25) is 0 Å². The second-order valence-corrected chi connectivity index (χ2v) is 8.14. The molecule has 0 bridgehead atoms. The maximum atomic E-state index is 13.1. The first-order valence-electron chi connectivity index (χ1n) is 10.2. The van der Waals surface area contributed by atoms with E-state index in [1.807, 2.05) is 12.1 Å². The van der Waals surface area contributed by atoms with Crippen LogP contribution in [-0.2, 0) is 16.7 Å². The highest BCUT2D eigenvalue weighted by Crippen LogP contribution is 2.45. The Balaban J connectivity index is 1.71. The molecule has 0 saturated carbocycles. The summed E-state index contributed by atoms with van der Waals surface area (Å²) in [7, 11) is 1.70. The van der Waals surface area contributed by atoms with Crippen molar-refractivity contribution in [3.63, 3.8) is 0 Å². The van der Waals surface area contributed by atoms with E-state index >= 15 is 0 Å².